The van der Waals surface area contributed by atoms with Gasteiger partial charge in [0, 0.05) is 25.0 Å². The number of carboxylic acids is 1. The van der Waals surface area contributed by atoms with Crippen LogP contribution in [0.3, 0.4) is 0 Å². The maximum atomic E-state index is 13.5. The quantitative estimate of drug-likeness (QED) is 0.369. The lowest BCUT2D eigenvalue weighted by Gasteiger charge is -2.22. The predicted molar refractivity (Wildman–Crippen MR) is 161 cm³/mol. The third kappa shape index (κ3) is 8.09. The van der Waals surface area contributed by atoms with Crippen LogP contribution in [0.4, 0.5) is 0 Å². The van der Waals surface area contributed by atoms with Crippen LogP contribution in [-0.4, -0.2) is 71.7 Å². The number of amides is 1. The van der Waals surface area contributed by atoms with E-state index in [1.807, 2.05) is 53.6 Å². The molecule has 1 N–H and O–H groups in total. The van der Waals surface area contributed by atoms with E-state index in [2.05, 4.69) is 32.7 Å². The third-order valence-corrected chi connectivity index (χ3v) is 6.65. The number of carboxylic acid groups (broad SMARTS) is 1. The smallest absolute Gasteiger partial charge is 0.335 e. The molecule has 7 heteroatoms. The van der Waals surface area contributed by atoms with E-state index in [9.17, 15) is 14.7 Å². The van der Waals surface area contributed by atoms with E-state index in [1.165, 1.54) is 6.42 Å². The zero-order valence-electron chi connectivity index (χ0n) is 24.9. The number of ether oxygens (including phenoxy) is 1. The van der Waals surface area contributed by atoms with Crippen molar-refractivity contribution in [2.75, 3.05) is 40.3 Å². The highest BCUT2D eigenvalue weighted by molar-refractivity contribution is 5.98. The number of likely N-dealkylation sites (N-methyl/N-ethyl adjacent to an activating group) is 1. The zero-order chi connectivity index (χ0) is 28.9. The summed E-state index contributed by atoms with van der Waals surface area (Å²) in [6.45, 7) is 13.8. The topological polar surface area (TPSA) is 75.0 Å². The molecule has 1 amide bonds. The van der Waals surface area contributed by atoms with Gasteiger partial charge in [-0.05, 0) is 74.0 Å². The van der Waals surface area contributed by atoms with E-state index in [1.54, 1.807) is 19.2 Å². The summed E-state index contributed by atoms with van der Waals surface area (Å²) in [4.78, 5) is 29.4. The Labute approximate surface area is 234 Å². The minimum absolute atomic E-state index is 0.0609. The summed E-state index contributed by atoms with van der Waals surface area (Å²) in [6, 6.07) is 13.1. The summed E-state index contributed by atoms with van der Waals surface area (Å²) in [5, 5.41) is 10.6. The van der Waals surface area contributed by atoms with Gasteiger partial charge in [0.2, 0.25) is 5.91 Å². The fourth-order valence-electron chi connectivity index (χ4n) is 4.83. The Morgan fingerprint density at radius 3 is 2.21 bits per heavy atom. The summed E-state index contributed by atoms with van der Waals surface area (Å²) >= 11 is 0. The normalized spacial score (nSPS) is 13.6. The molecule has 0 unspecified atom stereocenters. The van der Waals surface area contributed by atoms with Crippen molar-refractivity contribution < 1.29 is 19.4 Å². The van der Waals surface area contributed by atoms with E-state index < -0.39 is 5.97 Å². The van der Waals surface area contributed by atoms with Gasteiger partial charge in [-0.3, -0.25) is 4.79 Å². The average Bonchev–Trinajstić information content (AvgIpc) is 3.07. The molecule has 0 spiro atoms. The van der Waals surface area contributed by atoms with Crippen molar-refractivity contribution in [1.82, 2.24) is 14.4 Å². The molecule has 0 saturated carbocycles. The molecular formula is C32H47N3O4. The molecule has 7 nitrogen and oxygen atoms in total. The highest BCUT2D eigenvalue weighted by Crippen LogP contribution is 2.36. The van der Waals surface area contributed by atoms with E-state index in [-0.39, 0.29) is 18.0 Å². The highest BCUT2D eigenvalue weighted by atomic mass is 16.5. The number of nitrogens with zero attached hydrogens (tertiary/aromatic N) is 3. The van der Waals surface area contributed by atoms with Gasteiger partial charge >= 0.3 is 5.97 Å². The first-order valence-corrected chi connectivity index (χ1v) is 14.3. The Hall–Kier alpha value is -3.32. The summed E-state index contributed by atoms with van der Waals surface area (Å²) in [6.07, 6.45) is 3.97. The largest absolute Gasteiger partial charge is 0.497 e. The number of hydrogen-bond donors (Lipinski definition) is 1. The molecule has 2 aromatic carbocycles. The summed E-state index contributed by atoms with van der Waals surface area (Å²) in [7, 11) is 3.72. The van der Waals surface area contributed by atoms with Crippen LogP contribution in [0.2, 0.25) is 0 Å². The van der Waals surface area contributed by atoms with Crippen molar-refractivity contribution in [3.63, 3.8) is 0 Å². The number of aromatic carboxylic acids is 1. The predicted octanol–water partition coefficient (Wildman–Crippen LogP) is 6.57. The standard InChI is InChI=1S/C27H33N3O4.C3H8.C2H6/c1-4-6-23-22-12-9-20(27(32)33)17-24(22)30(26(23)19-7-10-21(34-3)11-8-19)18-25(31)29-14-5-13-28(2)15-16-29;1-3-2;1-2/h7-12,17H,4-6,13-16,18H2,1-3H3,(H,32,33);3H2,1-2H3;1-2H3. The molecule has 3 aromatic rings. The number of rotatable bonds is 7. The van der Waals surface area contributed by atoms with Crippen molar-refractivity contribution in [1.29, 1.82) is 0 Å². The molecule has 1 aliphatic heterocycles. The third-order valence-electron chi connectivity index (χ3n) is 6.65. The van der Waals surface area contributed by atoms with E-state index in [4.69, 9.17) is 4.74 Å². The Morgan fingerprint density at radius 1 is 0.949 bits per heavy atom. The second-order valence-corrected chi connectivity index (χ2v) is 9.67. The lowest BCUT2D eigenvalue weighted by atomic mass is 10.0. The maximum Gasteiger partial charge on any atom is 0.335 e. The van der Waals surface area contributed by atoms with Crippen molar-refractivity contribution in [3.05, 3.63) is 53.6 Å². The number of hydrogen-bond acceptors (Lipinski definition) is 4. The number of carbonyl (C=O) groups is 2. The molecule has 2 heterocycles. The van der Waals surface area contributed by atoms with Gasteiger partial charge in [-0.25, -0.2) is 4.79 Å². The first-order chi connectivity index (χ1) is 18.8. The van der Waals surface area contributed by atoms with E-state index >= 15 is 0 Å². The molecular weight excluding hydrogens is 490 g/mol. The molecule has 1 aliphatic rings. The van der Waals surface area contributed by atoms with Crippen LogP contribution in [0.5, 0.6) is 5.75 Å². The summed E-state index contributed by atoms with van der Waals surface area (Å²) in [5.74, 6) is -0.147. The molecule has 0 bridgehead atoms. The average molecular weight is 538 g/mol. The number of benzene rings is 2. The van der Waals surface area contributed by atoms with Gasteiger partial charge in [-0.15, -0.1) is 0 Å². The summed E-state index contributed by atoms with van der Waals surface area (Å²) < 4.78 is 7.36. The van der Waals surface area contributed by atoms with Gasteiger partial charge in [-0.2, -0.15) is 0 Å². The fraction of sp³-hybridized carbons (Fsp3) is 0.500. The molecule has 0 aliphatic carbocycles. The Bertz CT molecular complexity index is 1200. The SMILES string of the molecule is CC.CCC.CCCc1c(-c2ccc(OC)cc2)n(CC(=O)N2CCCN(C)CC2)c2cc(C(=O)O)ccc12. The molecule has 0 radical (unpaired) electrons. The van der Waals surface area contributed by atoms with Crippen molar-refractivity contribution in [2.45, 2.75) is 66.8 Å². The molecule has 1 fully saturated rings. The Morgan fingerprint density at radius 2 is 1.62 bits per heavy atom. The molecule has 214 valence electrons. The van der Waals surface area contributed by atoms with Gasteiger partial charge < -0.3 is 24.2 Å². The van der Waals surface area contributed by atoms with Gasteiger partial charge in [0.25, 0.3) is 0 Å². The van der Waals surface area contributed by atoms with E-state index in [0.29, 0.717) is 6.54 Å². The van der Waals surface area contributed by atoms with Crippen LogP contribution in [-0.2, 0) is 17.8 Å². The highest BCUT2D eigenvalue weighted by Gasteiger charge is 2.24. The Balaban J connectivity index is 0.000000998. The maximum absolute atomic E-state index is 13.5. The molecule has 1 saturated heterocycles. The molecule has 0 atom stereocenters. The van der Waals surface area contributed by atoms with Gasteiger partial charge in [0.15, 0.2) is 0 Å². The summed E-state index contributed by atoms with van der Waals surface area (Å²) in [5.41, 5.74) is 4.11. The second kappa shape index (κ2) is 15.9. The second-order valence-electron chi connectivity index (χ2n) is 9.67. The minimum Gasteiger partial charge on any atom is -0.497 e. The van der Waals surface area contributed by atoms with Crippen LogP contribution < -0.4 is 4.74 Å². The first kappa shape index (κ1) is 31.9. The molecule has 4 rings (SSSR count). The number of methoxy groups -OCH3 is 1. The minimum atomic E-state index is -0.973. The Kier molecular flexibility index (Phi) is 13.0. The van der Waals surface area contributed by atoms with Crippen molar-refractivity contribution in [3.8, 4) is 17.0 Å². The number of aryl methyl sites for hydroxylation is 1. The zero-order valence-corrected chi connectivity index (χ0v) is 24.9. The van der Waals surface area contributed by atoms with Gasteiger partial charge in [0.05, 0.1) is 23.9 Å². The lowest BCUT2D eigenvalue weighted by molar-refractivity contribution is -0.131. The van der Waals surface area contributed by atoms with Crippen LogP contribution in [0.25, 0.3) is 22.2 Å². The number of fused-ring (bicyclic) bond motifs is 1. The fourth-order valence-corrected chi connectivity index (χ4v) is 4.83. The number of aromatic nitrogens is 1. The van der Waals surface area contributed by atoms with Crippen LogP contribution >= 0.6 is 0 Å². The monoisotopic (exact) mass is 537 g/mol. The first-order valence-electron chi connectivity index (χ1n) is 14.3. The molecule has 1 aromatic heterocycles. The van der Waals surface area contributed by atoms with E-state index in [0.717, 1.165) is 72.4 Å². The van der Waals surface area contributed by atoms with Crippen LogP contribution in [0.1, 0.15) is 69.8 Å². The number of carbonyl (C=O) groups excluding carboxylic acids is 1. The van der Waals surface area contributed by atoms with Crippen LogP contribution in [0.15, 0.2) is 42.5 Å². The lowest BCUT2D eigenvalue weighted by Crippen LogP contribution is -2.36. The van der Waals surface area contributed by atoms with Crippen molar-refractivity contribution >= 4 is 22.8 Å². The van der Waals surface area contributed by atoms with Crippen LogP contribution in [0, 0.1) is 0 Å². The molecule has 39 heavy (non-hydrogen) atoms. The van der Waals surface area contributed by atoms with Gasteiger partial charge in [0.1, 0.15) is 12.3 Å². The van der Waals surface area contributed by atoms with Gasteiger partial charge in [-0.1, -0.05) is 53.5 Å². The van der Waals surface area contributed by atoms with Crippen molar-refractivity contribution in [2.24, 2.45) is 0 Å².